The minimum absolute atomic E-state index is 0.0138. The third-order valence-electron chi connectivity index (χ3n) is 3.57. The predicted molar refractivity (Wildman–Crippen MR) is 77.7 cm³/mol. The molecule has 1 atom stereocenters. The van der Waals surface area contributed by atoms with Crippen LogP contribution in [-0.4, -0.2) is 10.9 Å². The number of carbonyl (C=O) groups excluding carboxylic acids is 1. The van der Waals surface area contributed by atoms with Crippen molar-refractivity contribution in [3.8, 4) is 0 Å². The van der Waals surface area contributed by atoms with Crippen LogP contribution < -0.4 is 5.32 Å². The van der Waals surface area contributed by atoms with Gasteiger partial charge in [-0.25, -0.2) is 0 Å². The molecule has 2 aromatic heterocycles. The SMILES string of the molecule is C[C@@H]1CCc2c(C(=O)Nc3cccnc3)csc2C1. The van der Waals surface area contributed by atoms with Crippen molar-refractivity contribution in [2.45, 2.75) is 26.2 Å². The fraction of sp³-hybridized carbons (Fsp3) is 0.333. The molecule has 0 saturated carbocycles. The van der Waals surface area contributed by atoms with Crippen LogP contribution in [0.3, 0.4) is 0 Å². The van der Waals surface area contributed by atoms with Crippen molar-refractivity contribution in [1.82, 2.24) is 4.98 Å². The summed E-state index contributed by atoms with van der Waals surface area (Å²) >= 11 is 1.72. The lowest BCUT2D eigenvalue weighted by molar-refractivity contribution is 0.102. The Labute approximate surface area is 116 Å². The number of hydrogen-bond acceptors (Lipinski definition) is 3. The fourth-order valence-electron chi connectivity index (χ4n) is 2.50. The van der Waals surface area contributed by atoms with Crippen molar-refractivity contribution in [3.05, 3.63) is 45.9 Å². The van der Waals surface area contributed by atoms with Gasteiger partial charge >= 0.3 is 0 Å². The molecule has 19 heavy (non-hydrogen) atoms. The molecule has 4 heteroatoms. The molecular formula is C15H16N2OS. The zero-order valence-corrected chi connectivity index (χ0v) is 11.7. The van der Waals surface area contributed by atoms with Crippen LogP contribution in [0.1, 0.15) is 34.1 Å². The summed E-state index contributed by atoms with van der Waals surface area (Å²) in [5.74, 6) is 0.723. The summed E-state index contributed by atoms with van der Waals surface area (Å²) in [5.41, 5.74) is 2.84. The molecule has 0 aromatic carbocycles. The van der Waals surface area contributed by atoms with E-state index in [1.807, 2.05) is 17.5 Å². The number of thiophene rings is 1. The van der Waals surface area contributed by atoms with E-state index in [1.165, 1.54) is 16.9 Å². The van der Waals surface area contributed by atoms with Gasteiger partial charge in [-0.15, -0.1) is 11.3 Å². The smallest absolute Gasteiger partial charge is 0.256 e. The largest absolute Gasteiger partial charge is 0.321 e. The highest BCUT2D eigenvalue weighted by atomic mass is 32.1. The Morgan fingerprint density at radius 2 is 2.42 bits per heavy atom. The highest BCUT2D eigenvalue weighted by Crippen LogP contribution is 2.33. The van der Waals surface area contributed by atoms with Crippen LogP contribution in [0.5, 0.6) is 0 Å². The first-order valence-electron chi connectivity index (χ1n) is 6.54. The molecule has 3 nitrogen and oxygen atoms in total. The van der Waals surface area contributed by atoms with Crippen LogP contribution in [0.4, 0.5) is 5.69 Å². The Kier molecular flexibility index (Phi) is 3.34. The van der Waals surface area contributed by atoms with Crippen molar-refractivity contribution < 1.29 is 4.79 Å². The maximum Gasteiger partial charge on any atom is 0.256 e. The second kappa shape index (κ2) is 5.13. The van der Waals surface area contributed by atoms with Crippen molar-refractivity contribution >= 4 is 22.9 Å². The Morgan fingerprint density at radius 1 is 1.53 bits per heavy atom. The van der Waals surface area contributed by atoms with Crippen molar-refractivity contribution in [2.75, 3.05) is 5.32 Å². The molecule has 0 radical (unpaired) electrons. The number of nitrogens with zero attached hydrogens (tertiary/aromatic N) is 1. The van der Waals surface area contributed by atoms with Gasteiger partial charge in [0.1, 0.15) is 0 Å². The average molecular weight is 272 g/mol. The highest BCUT2D eigenvalue weighted by Gasteiger charge is 2.23. The average Bonchev–Trinajstić information content (AvgIpc) is 2.82. The van der Waals surface area contributed by atoms with Crippen LogP contribution in [0.25, 0.3) is 0 Å². The number of anilines is 1. The van der Waals surface area contributed by atoms with Gasteiger partial charge < -0.3 is 5.32 Å². The number of rotatable bonds is 2. The van der Waals surface area contributed by atoms with Gasteiger partial charge in [0.05, 0.1) is 17.4 Å². The number of nitrogens with one attached hydrogen (secondary N) is 1. The van der Waals surface area contributed by atoms with Crippen molar-refractivity contribution in [1.29, 1.82) is 0 Å². The van der Waals surface area contributed by atoms with Gasteiger partial charge in [-0.1, -0.05) is 6.92 Å². The maximum absolute atomic E-state index is 12.3. The minimum atomic E-state index is -0.0138. The molecule has 1 amide bonds. The molecule has 0 unspecified atom stereocenters. The Hall–Kier alpha value is -1.68. The topological polar surface area (TPSA) is 42.0 Å². The molecule has 0 saturated heterocycles. The fourth-order valence-corrected chi connectivity index (χ4v) is 3.75. The molecule has 0 spiro atoms. The van der Waals surface area contributed by atoms with Gasteiger partial charge in [-0.05, 0) is 42.9 Å². The van der Waals surface area contributed by atoms with Crippen LogP contribution in [0.15, 0.2) is 29.9 Å². The Balaban J connectivity index is 1.81. The molecule has 1 N–H and O–H groups in total. The second-order valence-electron chi connectivity index (χ2n) is 5.09. The molecule has 0 fully saturated rings. The van der Waals surface area contributed by atoms with E-state index in [4.69, 9.17) is 0 Å². The van der Waals surface area contributed by atoms with Gasteiger partial charge in [-0.2, -0.15) is 0 Å². The molecule has 2 aromatic rings. The lowest BCUT2D eigenvalue weighted by Crippen LogP contribution is -2.16. The zero-order valence-electron chi connectivity index (χ0n) is 10.8. The summed E-state index contributed by atoms with van der Waals surface area (Å²) in [4.78, 5) is 17.7. The summed E-state index contributed by atoms with van der Waals surface area (Å²) in [5, 5.41) is 4.91. The number of pyridine rings is 1. The molecule has 3 rings (SSSR count). The number of aromatic nitrogens is 1. The molecule has 1 aliphatic rings. The lowest BCUT2D eigenvalue weighted by atomic mass is 9.88. The normalized spacial score (nSPS) is 17.8. The van der Waals surface area contributed by atoms with Gasteiger partial charge in [0.25, 0.3) is 5.91 Å². The lowest BCUT2D eigenvalue weighted by Gasteiger charge is -2.18. The second-order valence-corrected chi connectivity index (χ2v) is 6.06. The van der Waals surface area contributed by atoms with Crippen LogP contribution in [0.2, 0.25) is 0 Å². The predicted octanol–water partition coefficient (Wildman–Crippen LogP) is 3.52. The summed E-state index contributed by atoms with van der Waals surface area (Å²) < 4.78 is 0. The number of fused-ring (bicyclic) bond motifs is 1. The molecule has 1 aliphatic carbocycles. The number of hydrogen-bond donors (Lipinski definition) is 1. The first kappa shape index (κ1) is 12.4. The number of carbonyl (C=O) groups is 1. The molecule has 98 valence electrons. The van der Waals surface area contributed by atoms with Crippen molar-refractivity contribution in [3.63, 3.8) is 0 Å². The monoisotopic (exact) mass is 272 g/mol. The first-order valence-corrected chi connectivity index (χ1v) is 7.42. The molecule has 0 bridgehead atoms. The summed E-state index contributed by atoms with van der Waals surface area (Å²) in [7, 11) is 0. The van der Waals surface area contributed by atoms with E-state index in [9.17, 15) is 4.79 Å². The molecular weight excluding hydrogens is 256 g/mol. The van der Waals surface area contributed by atoms with E-state index in [2.05, 4.69) is 17.2 Å². The summed E-state index contributed by atoms with van der Waals surface area (Å²) in [6.07, 6.45) is 6.68. The van der Waals surface area contributed by atoms with E-state index in [0.717, 1.165) is 30.0 Å². The maximum atomic E-state index is 12.3. The van der Waals surface area contributed by atoms with E-state index in [1.54, 1.807) is 23.7 Å². The third-order valence-corrected chi connectivity index (χ3v) is 4.62. The van der Waals surface area contributed by atoms with Gasteiger partial charge in [0.2, 0.25) is 0 Å². The van der Waals surface area contributed by atoms with Gasteiger partial charge in [-0.3, -0.25) is 9.78 Å². The van der Waals surface area contributed by atoms with E-state index in [0.29, 0.717) is 0 Å². The van der Waals surface area contributed by atoms with Crippen LogP contribution in [-0.2, 0) is 12.8 Å². The van der Waals surface area contributed by atoms with E-state index < -0.39 is 0 Å². The Morgan fingerprint density at radius 3 is 3.21 bits per heavy atom. The van der Waals surface area contributed by atoms with Crippen LogP contribution >= 0.6 is 11.3 Å². The minimum Gasteiger partial charge on any atom is -0.321 e. The van der Waals surface area contributed by atoms with Crippen LogP contribution in [0, 0.1) is 5.92 Å². The first-order chi connectivity index (χ1) is 9.24. The van der Waals surface area contributed by atoms with Gasteiger partial charge in [0.15, 0.2) is 0 Å². The quantitative estimate of drug-likeness (QED) is 0.909. The van der Waals surface area contributed by atoms with E-state index >= 15 is 0 Å². The molecule has 0 aliphatic heterocycles. The zero-order chi connectivity index (χ0) is 13.2. The summed E-state index contributed by atoms with van der Waals surface area (Å²) in [6.45, 7) is 2.28. The number of amides is 1. The third kappa shape index (κ3) is 2.54. The summed E-state index contributed by atoms with van der Waals surface area (Å²) in [6, 6.07) is 3.67. The van der Waals surface area contributed by atoms with E-state index in [-0.39, 0.29) is 5.91 Å². The molecule has 2 heterocycles. The van der Waals surface area contributed by atoms with Gasteiger partial charge in [0, 0.05) is 16.5 Å². The standard InChI is InChI=1S/C15H16N2OS/c1-10-4-5-12-13(9-19-14(12)7-10)15(18)17-11-3-2-6-16-8-11/h2-3,6,8-10H,4-5,7H2,1H3,(H,17,18)/t10-/m1/s1. The van der Waals surface area contributed by atoms with Crippen molar-refractivity contribution in [2.24, 2.45) is 5.92 Å². The highest BCUT2D eigenvalue weighted by molar-refractivity contribution is 7.10. The Bertz CT molecular complexity index is 591.